The first-order valence-electron chi connectivity index (χ1n) is 6.72. The molecule has 0 saturated carbocycles. The number of rotatable bonds is 8. The maximum absolute atomic E-state index is 11.2. The summed E-state index contributed by atoms with van der Waals surface area (Å²) in [6.45, 7) is 1.26. The van der Waals surface area contributed by atoms with Crippen molar-refractivity contribution in [1.29, 1.82) is 0 Å². The van der Waals surface area contributed by atoms with Gasteiger partial charge in [0.2, 0.25) is 0 Å². The van der Waals surface area contributed by atoms with Crippen molar-refractivity contribution >= 4 is 6.29 Å². The molecule has 0 radical (unpaired) electrons. The first kappa shape index (κ1) is 15.1. The number of hydrogen-bond donors (Lipinski definition) is 0. The summed E-state index contributed by atoms with van der Waals surface area (Å²) in [6.07, 6.45) is 0.767. The molecular formula is C17H18O4. The van der Waals surface area contributed by atoms with Crippen LogP contribution in [0.3, 0.4) is 0 Å². The van der Waals surface area contributed by atoms with Crippen molar-refractivity contribution in [2.45, 2.75) is 6.61 Å². The van der Waals surface area contributed by atoms with E-state index in [4.69, 9.17) is 14.2 Å². The van der Waals surface area contributed by atoms with Crippen molar-refractivity contribution in [3.63, 3.8) is 0 Å². The summed E-state index contributed by atoms with van der Waals surface area (Å²) in [5, 5.41) is 0. The third-order valence-electron chi connectivity index (χ3n) is 2.91. The molecule has 0 heterocycles. The number of carbonyl (C=O) groups is 1. The smallest absolute Gasteiger partial charge is 0.172 e. The molecule has 0 aromatic heterocycles. The zero-order chi connectivity index (χ0) is 14.9. The van der Waals surface area contributed by atoms with E-state index in [2.05, 4.69) is 0 Å². The van der Waals surface area contributed by atoms with Crippen LogP contribution >= 0.6 is 0 Å². The average molecular weight is 286 g/mol. The number of para-hydroxylation sites is 1. The largest absolute Gasteiger partial charge is 0.487 e. The Morgan fingerprint density at radius 1 is 0.952 bits per heavy atom. The third-order valence-corrected chi connectivity index (χ3v) is 2.91. The van der Waals surface area contributed by atoms with E-state index in [0.29, 0.717) is 36.9 Å². The number of ether oxygens (including phenoxy) is 3. The molecule has 0 saturated heterocycles. The van der Waals surface area contributed by atoms with E-state index in [1.54, 1.807) is 25.3 Å². The molecule has 4 nitrogen and oxygen atoms in total. The maximum Gasteiger partial charge on any atom is 0.172 e. The van der Waals surface area contributed by atoms with Crippen molar-refractivity contribution in [3.8, 4) is 11.5 Å². The number of methoxy groups -OCH3 is 1. The molecule has 2 aromatic carbocycles. The molecule has 0 aliphatic rings. The summed E-state index contributed by atoms with van der Waals surface area (Å²) in [7, 11) is 1.61. The normalized spacial score (nSPS) is 10.1. The predicted molar refractivity (Wildman–Crippen MR) is 80.0 cm³/mol. The second-order valence-electron chi connectivity index (χ2n) is 4.41. The van der Waals surface area contributed by atoms with Crippen LogP contribution in [-0.4, -0.2) is 26.6 Å². The molecule has 4 heteroatoms. The zero-order valence-corrected chi connectivity index (χ0v) is 12.0. The van der Waals surface area contributed by atoms with Gasteiger partial charge in [-0.3, -0.25) is 4.79 Å². The SMILES string of the molecule is COCCOc1cccc(C=O)c1OCc1ccccc1. The van der Waals surface area contributed by atoms with Crippen molar-refractivity contribution in [2.75, 3.05) is 20.3 Å². The summed E-state index contributed by atoms with van der Waals surface area (Å²) in [4.78, 5) is 11.2. The van der Waals surface area contributed by atoms with Gasteiger partial charge in [-0.1, -0.05) is 36.4 Å². The fourth-order valence-electron chi connectivity index (χ4n) is 1.86. The highest BCUT2D eigenvalue weighted by Gasteiger charge is 2.11. The van der Waals surface area contributed by atoms with E-state index in [1.807, 2.05) is 30.3 Å². The fourth-order valence-corrected chi connectivity index (χ4v) is 1.86. The van der Waals surface area contributed by atoms with Crippen molar-refractivity contribution in [2.24, 2.45) is 0 Å². The van der Waals surface area contributed by atoms with Crippen LogP contribution in [0.15, 0.2) is 48.5 Å². The van der Waals surface area contributed by atoms with Crippen LogP contribution in [-0.2, 0) is 11.3 Å². The van der Waals surface area contributed by atoms with Gasteiger partial charge in [0.25, 0.3) is 0 Å². The Morgan fingerprint density at radius 3 is 2.48 bits per heavy atom. The van der Waals surface area contributed by atoms with Gasteiger partial charge in [0.05, 0.1) is 12.2 Å². The average Bonchev–Trinajstić information content (AvgIpc) is 2.54. The van der Waals surface area contributed by atoms with Gasteiger partial charge in [-0.2, -0.15) is 0 Å². The predicted octanol–water partition coefficient (Wildman–Crippen LogP) is 3.10. The molecule has 0 N–H and O–H groups in total. The van der Waals surface area contributed by atoms with Crippen LogP contribution in [0.4, 0.5) is 0 Å². The molecule has 0 amide bonds. The molecule has 0 spiro atoms. The lowest BCUT2D eigenvalue weighted by atomic mass is 10.2. The van der Waals surface area contributed by atoms with Gasteiger partial charge in [0.1, 0.15) is 13.2 Å². The summed E-state index contributed by atoms with van der Waals surface area (Å²) < 4.78 is 16.3. The highest BCUT2D eigenvalue weighted by molar-refractivity contribution is 5.81. The minimum Gasteiger partial charge on any atom is -0.487 e. The van der Waals surface area contributed by atoms with E-state index < -0.39 is 0 Å². The van der Waals surface area contributed by atoms with Gasteiger partial charge in [0.15, 0.2) is 17.8 Å². The molecule has 110 valence electrons. The van der Waals surface area contributed by atoms with Gasteiger partial charge in [-0.15, -0.1) is 0 Å². The topological polar surface area (TPSA) is 44.8 Å². The minimum atomic E-state index is 0.381. The fraction of sp³-hybridized carbons (Fsp3) is 0.235. The molecule has 0 atom stereocenters. The third kappa shape index (κ3) is 4.33. The van der Waals surface area contributed by atoms with Gasteiger partial charge < -0.3 is 14.2 Å². The van der Waals surface area contributed by atoms with Crippen molar-refractivity contribution in [3.05, 3.63) is 59.7 Å². The first-order chi connectivity index (χ1) is 10.3. The first-order valence-corrected chi connectivity index (χ1v) is 6.72. The highest BCUT2D eigenvalue weighted by Crippen LogP contribution is 2.31. The lowest BCUT2D eigenvalue weighted by Crippen LogP contribution is -2.07. The Kier molecular flexibility index (Phi) is 5.79. The zero-order valence-electron chi connectivity index (χ0n) is 12.0. The highest BCUT2D eigenvalue weighted by atomic mass is 16.5. The summed E-state index contributed by atoms with van der Waals surface area (Å²) in [5.41, 5.74) is 1.50. The second kappa shape index (κ2) is 8.07. The Balaban J connectivity index is 2.13. The van der Waals surface area contributed by atoms with E-state index in [9.17, 15) is 4.79 Å². The minimum absolute atomic E-state index is 0.381. The molecule has 0 fully saturated rings. The van der Waals surface area contributed by atoms with E-state index in [1.165, 1.54) is 0 Å². The Labute approximate surface area is 124 Å². The van der Waals surface area contributed by atoms with Gasteiger partial charge in [-0.25, -0.2) is 0 Å². The van der Waals surface area contributed by atoms with Crippen LogP contribution in [0.25, 0.3) is 0 Å². The molecule has 0 unspecified atom stereocenters. The standard InChI is InChI=1S/C17H18O4/c1-19-10-11-20-16-9-5-8-15(12-18)17(16)21-13-14-6-3-2-4-7-14/h2-9,12H,10-11,13H2,1H3. The van der Waals surface area contributed by atoms with E-state index in [-0.39, 0.29) is 0 Å². The quantitative estimate of drug-likeness (QED) is 0.552. The number of hydrogen-bond acceptors (Lipinski definition) is 4. The number of benzene rings is 2. The molecule has 0 bridgehead atoms. The second-order valence-corrected chi connectivity index (χ2v) is 4.41. The van der Waals surface area contributed by atoms with Gasteiger partial charge in [-0.05, 0) is 17.7 Å². The Hall–Kier alpha value is -2.33. The number of carbonyl (C=O) groups excluding carboxylic acids is 1. The van der Waals surface area contributed by atoms with Crippen molar-refractivity contribution in [1.82, 2.24) is 0 Å². The van der Waals surface area contributed by atoms with E-state index in [0.717, 1.165) is 11.8 Å². The molecule has 2 rings (SSSR count). The van der Waals surface area contributed by atoms with Crippen LogP contribution < -0.4 is 9.47 Å². The summed E-state index contributed by atoms with van der Waals surface area (Å²) in [6, 6.07) is 15.0. The van der Waals surface area contributed by atoms with Crippen LogP contribution in [0.2, 0.25) is 0 Å². The summed E-state index contributed by atoms with van der Waals surface area (Å²) >= 11 is 0. The lowest BCUT2D eigenvalue weighted by molar-refractivity contribution is 0.111. The molecule has 21 heavy (non-hydrogen) atoms. The molecular weight excluding hydrogens is 268 g/mol. The van der Waals surface area contributed by atoms with Crippen LogP contribution in [0.5, 0.6) is 11.5 Å². The van der Waals surface area contributed by atoms with Gasteiger partial charge >= 0.3 is 0 Å². The Bertz CT molecular complexity index is 566. The summed E-state index contributed by atoms with van der Waals surface area (Å²) in [5.74, 6) is 1.01. The number of aldehydes is 1. The van der Waals surface area contributed by atoms with Crippen molar-refractivity contribution < 1.29 is 19.0 Å². The monoisotopic (exact) mass is 286 g/mol. The molecule has 0 aliphatic heterocycles. The maximum atomic E-state index is 11.2. The van der Waals surface area contributed by atoms with E-state index >= 15 is 0 Å². The van der Waals surface area contributed by atoms with Crippen LogP contribution in [0, 0.1) is 0 Å². The molecule has 2 aromatic rings. The van der Waals surface area contributed by atoms with Gasteiger partial charge in [0, 0.05) is 7.11 Å². The lowest BCUT2D eigenvalue weighted by Gasteiger charge is -2.14. The molecule has 0 aliphatic carbocycles. The van der Waals surface area contributed by atoms with Crippen LogP contribution in [0.1, 0.15) is 15.9 Å². The Morgan fingerprint density at radius 2 is 1.76 bits per heavy atom.